The van der Waals surface area contributed by atoms with Crippen molar-refractivity contribution in [1.29, 1.82) is 0 Å². The molecule has 0 spiro atoms. The third kappa shape index (κ3) is 2.33. The Balaban J connectivity index is 1.60. The van der Waals surface area contributed by atoms with Crippen LogP contribution < -0.4 is 4.74 Å². The van der Waals surface area contributed by atoms with Gasteiger partial charge in [0.05, 0.1) is 0 Å². The van der Waals surface area contributed by atoms with Gasteiger partial charge in [0.1, 0.15) is 11.9 Å². The minimum Gasteiger partial charge on any atom is -0.491 e. The summed E-state index contributed by atoms with van der Waals surface area (Å²) in [5.41, 5.74) is 3.46. The molecule has 0 bridgehead atoms. The minimum absolute atomic E-state index is 0.0922. The van der Waals surface area contributed by atoms with Gasteiger partial charge in [0.15, 0.2) is 5.76 Å². The molecule has 22 heavy (non-hydrogen) atoms. The number of rotatable bonds is 3. The first-order chi connectivity index (χ1) is 10.8. The van der Waals surface area contributed by atoms with Crippen LogP contribution in [-0.2, 0) is 6.42 Å². The highest BCUT2D eigenvalue weighted by atomic mass is 16.5. The quantitative estimate of drug-likeness (QED) is 0.789. The van der Waals surface area contributed by atoms with Crippen molar-refractivity contribution < 1.29 is 14.4 Å². The van der Waals surface area contributed by atoms with E-state index in [1.165, 1.54) is 17.2 Å². The normalized spacial score (nSPS) is 16.5. The molecule has 2 aromatic carbocycles. The Bertz CT molecular complexity index is 809. The second kappa shape index (κ2) is 5.22. The average molecular weight is 293 g/mol. The topological polar surface area (TPSA) is 55.5 Å². The van der Waals surface area contributed by atoms with Crippen LogP contribution in [0.1, 0.15) is 23.7 Å². The van der Waals surface area contributed by atoms with Crippen LogP contribution in [0.3, 0.4) is 0 Å². The van der Waals surface area contributed by atoms with E-state index in [0.29, 0.717) is 5.76 Å². The van der Waals surface area contributed by atoms with Crippen LogP contribution >= 0.6 is 0 Å². The predicted octanol–water partition coefficient (Wildman–Crippen LogP) is 4.11. The van der Waals surface area contributed by atoms with Crippen molar-refractivity contribution >= 4 is 0 Å². The predicted molar refractivity (Wildman–Crippen MR) is 81.7 cm³/mol. The molecule has 1 aliphatic rings. The van der Waals surface area contributed by atoms with Gasteiger partial charge in [-0.15, -0.1) is 0 Å². The number of ether oxygens (including phenoxy) is 1. The van der Waals surface area contributed by atoms with Gasteiger partial charge in [-0.2, -0.15) is 0 Å². The van der Waals surface area contributed by atoms with Crippen molar-refractivity contribution in [2.24, 2.45) is 0 Å². The number of hydrogen-bond acceptors (Lipinski definition) is 4. The molecule has 0 aliphatic heterocycles. The van der Waals surface area contributed by atoms with Crippen LogP contribution in [0.25, 0.3) is 11.3 Å². The molecule has 4 nitrogen and oxygen atoms in total. The Kier molecular flexibility index (Phi) is 3.07. The van der Waals surface area contributed by atoms with Crippen molar-refractivity contribution in [3.63, 3.8) is 0 Å². The van der Waals surface area contributed by atoms with E-state index in [2.05, 4.69) is 23.4 Å². The highest BCUT2D eigenvalue weighted by molar-refractivity contribution is 5.60. The van der Waals surface area contributed by atoms with Crippen molar-refractivity contribution in [3.8, 4) is 23.0 Å². The van der Waals surface area contributed by atoms with E-state index in [1.807, 2.05) is 30.3 Å². The number of benzene rings is 2. The molecule has 1 N–H and O–H groups in total. The first-order valence-corrected chi connectivity index (χ1v) is 7.30. The Morgan fingerprint density at radius 1 is 1.09 bits per heavy atom. The van der Waals surface area contributed by atoms with Gasteiger partial charge < -0.3 is 14.4 Å². The SMILES string of the molecule is Oc1cc(-c2cccc(OC3CCc4ccccc43)c2)on1. The molecule has 0 amide bonds. The monoisotopic (exact) mass is 293 g/mol. The molecular weight excluding hydrogens is 278 g/mol. The van der Waals surface area contributed by atoms with Crippen LogP contribution in [0.2, 0.25) is 0 Å². The van der Waals surface area contributed by atoms with Gasteiger partial charge in [-0.25, -0.2) is 0 Å². The van der Waals surface area contributed by atoms with Gasteiger partial charge in [-0.05, 0) is 41.3 Å². The highest BCUT2D eigenvalue weighted by Gasteiger charge is 2.23. The molecule has 110 valence electrons. The summed E-state index contributed by atoms with van der Waals surface area (Å²) in [5, 5.41) is 12.8. The third-order valence-electron chi connectivity index (χ3n) is 3.97. The number of aromatic hydroxyl groups is 1. The molecule has 0 saturated heterocycles. The molecule has 4 rings (SSSR count). The Morgan fingerprint density at radius 3 is 2.86 bits per heavy atom. The Morgan fingerprint density at radius 2 is 2.00 bits per heavy atom. The molecule has 1 atom stereocenters. The highest BCUT2D eigenvalue weighted by Crippen LogP contribution is 2.36. The van der Waals surface area contributed by atoms with Gasteiger partial charge in [-0.3, -0.25) is 0 Å². The van der Waals surface area contributed by atoms with E-state index in [0.717, 1.165) is 24.2 Å². The van der Waals surface area contributed by atoms with Crippen molar-refractivity contribution in [2.75, 3.05) is 0 Å². The van der Waals surface area contributed by atoms with Gasteiger partial charge in [0, 0.05) is 11.6 Å². The smallest absolute Gasteiger partial charge is 0.252 e. The second-order valence-corrected chi connectivity index (χ2v) is 5.42. The molecule has 4 heteroatoms. The molecule has 1 unspecified atom stereocenters. The van der Waals surface area contributed by atoms with Crippen LogP contribution in [0.5, 0.6) is 11.6 Å². The van der Waals surface area contributed by atoms with Crippen LogP contribution in [0, 0.1) is 0 Å². The lowest BCUT2D eigenvalue weighted by Gasteiger charge is -2.15. The van der Waals surface area contributed by atoms with Crippen molar-refractivity contribution in [3.05, 3.63) is 65.7 Å². The fraction of sp³-hybridized carbons (Fsp3) is 0.167. The van der Waals surface area contributed by atoms with Crippen LogP contribution in [0.4, 0.5) is 0 Å². The maximum atomic E-state index is 9.29. The van der Waals surface area contributed by atoms with E-state index in [4.69, 9.17) is 9.26 Å². The summed E-state index contributed by atoms with van der Waals surface area (Å²) in [6.07, 6.45) is 2.14. The molecule has 0 fully saturated rings. The zero-order chi connectivity index (χ0) is 14.9. The summed E-state index contributed by atoms with van der Waals surface area (Å²) in [6.45, 7) is 0. The van der Waals surface area contributed by atoms with Crippen molar-refractivity contribution in [1.82, 2.24) is 5.16 Å². The fourth-order valence-corrected chi connectivity index (χ4v) is 2.93. The fourth-order valence-electron chi connectivity index (χ4n) is 2.93. The minimum atomic E-state index is -0.119. The largest absolute Gasteiger partial charge is 0.491 e. The van der Waals surface area contributed by atoms with Crippen LogP contribution in [-0.4, -0.2) is 10.3 Å². The summed E-state index contributed by atoms with van der Waals surface area (Å²) < 4.78 is 11.2. The van der Waals surface area contributed by atoms with E-state index < -0.39 is 0 Å². The van der Waals surface area contributed by atoms with E-state index >= 15 is 0 Å². The van der Waals surface area contributed by atoms with Gasteiger partial charge in [-0.1, -0.05) is 36.4 Å². The van der Waals surface area contributed by atoms with Gasteiger partial charge >= 0.3 is 0 Å². The Labute approximate surface area is 128 Å². The maximum Gasteiger partial charge on any atom is 0.252 e. The molecule has 0 saturated carbocycles. The molecular formula is C18H15NO3. The molecule has 1 heterocycles. The number of fused-ring (bicyclic) bond motifs is 1. The lowest BCUT2D eigenvalue weighted by Crippen LogP contribution is -2.03. The van der Waals surface area contributed by atoms with Gasteiger partial charge in [0.25, 0.3) is 5.88 Å². The zero-order valence-electron chi connectivity index (χ0n) is 11.9. The summed E-state index contributed by atoms with van der Waals surface area (Å²) in [6, 6.07) is 17.5. The standard InChI is InChI=1S/C18H15NO3/c20-18-11-17(22-19-18)13-5-3-6-14(10-13)21-16-9-8-12-4-1-2-7-15(12)16/h1-7,10-11,16H,8-9H2,(H,19,20). The Hall–Kier alpha value is -2.75. The number of aryl methyl sites for hydroxylation is 1. The lowest BCUT2D eigenvalue weighted by atomic mass is 10.1. The average Bonchev–Trinajstić information content (AvgIpc) is 3.15. The summed E-state index contributed by atoms with van der Waals surface area (Å²) in [4.78, 5) is 0. The first-order valence-electron chi connectivity index (χ1n) is 7.30. The molecule has 1 aliphatic carbocycles. The number of nitrogens with zero attached hydrogens (tertiary/aromatic N) is 1. The number of hydrogen-bond donors (Lipinski definition) is 1. The molecule has 0 radical (unpaired) electrons. The summed E-state index contributed by atoms with van der Waals surface area (Å²) >= 11 is 0. The van der Waals surface area contributed by atoms with Crippen molar-refractivity contribution in [2.45, 2.75) is 18.9 Å². The van der Waals surface area contributed by atoms with Crippen LogP contribution in [0.15, 0.2) is 59.1 Å². The molecule has 3 aromatic rings. The summed E-state index contributed by atoms with van der Waals surface area (Å²) in [7, 11) is 0. The second-order valence-electron chi connectivity index (χ2n) is 5.42. The van der Waals surface area contributed by atoms with E-state index in [1.54, 1.807) is 0 Å². The lowest BCUT2D eigenvalue weighted by molar-refractivity contribution is 0.207. The molecule has 1 aromatic heterocycles. The van der Waals surface area contributed by atoms with E-state index in [-0.39, 0.29) is 12.0 Å². The third-order valence-corrected chi connectivity index (χ3v) is 3.97. The van der Waals surface area contributed by atoms with Gasteiger partial charge in [0.2, 0.25) is 0 Å². The summed E-state index contributed by atoms with van der Waals surface area (Å²) in [5.74, 6) is 1.19. The van der Waals surface area contributed by atoms with E-state index in [9.17, 15) is 5.11 Å². The number of aromatic nitrogens is 1. The first kappa shape index (κ1) is 13.0. The zero-order valence-corrected chi connectivity index (χ0v) is 11.9. The maximum absolute atomic E-state index is 9.29.